The van der Waals surface area contributed by atoms with Gasteiger partial charge in [-0.2, -0.15) is 0 Å². The first kappa shape index (κ1) is 26.0. The number of anilines is 1. The van der Waals surface area contributed by atoms with E-state index in [0.29, 0.717) is 13.1 Å². The van der Waals surface area contributed by atoms with Gasteiger partial charge < -0.3 is 19.8 Å². The van der Waals surface area contributed by atoms with Crippen LogP contribution < -0.4 is 4.90 Å². The van der Waals surface area contributed by atoms with Crippen LogP contribution in [-0.2, 0) is 14.4 Å². The van der Waals surface area contributed by atoms with Gasteiger partial charge in [-0.05, 0) is 37.8 Å². The van der Waals surface area contributed by atoms with Gasteiger partial charge in [0.15, 0.2) is 0 Å². The van der Waals surface area contributed by atoms with Gasteiger partial charge in [-0.15, -0.1) is 11.8 Å². The zero-order valence-electron chi connectivity index (χ0n) is 22.5. The minimum atomic E-state index is -0.917. The Morgan fingerprint density at radius 1 is 1.00 bits per heavy atom. The Labute approximate surface area is 223 Å². The number of rotatable bonds is 4. The number of aliphatic hydroxyl groups is 1. The molecule has 0 aliphatic carbocycles. The minimum Gasteiger partial charge on any atom is -0.394 e. The predicted octanol–water partition coefficient (Wildman–Crippen LogP) is 2.94. The number of thioether (sulfide) groups is 1. The maximum atomic E-state index is 14.7. The molecule has 5 rings (SSSR count). The van der Waals surface area contributed by atoms with Crippen molar-refractivity contribution in [1.82, 2.24) is 9.80 Å². The van der Waals surface area contributed by atoms with Gasteiger partial charge in [0.25, 0.3) is 5.91 Å². The van der Waals surface area contributed by atoms with Crippen molar-refractivity contribution in [3.63, 3.8) is 0 Å². The number of carbonyl (C=O) groups excluding carboxylic acids is 3. The maximum absolute atomic E-state index is 14.7. The average molecular weight is 524 g/mol. The van der Waals surface area contributed by atoms with E-state index in [4.69, 9.17) is 0 Å². The van der Waals surface area contributed by atoms with Gasteiger partial charge in [0.2, 0.25) is 11.8 Å². The molecule has 7 nitrogen and oxygen atoms in total. The van der Waals surface area contributed by atoms with Crippen LogP contribution in [0.4, 0.5) is 5.69 Å². The lowest BCUT2D eigenvalue weighted by Crippen LogP contribution is -2.58. The van der Waals surface area contributed by atoms with E-state index in [2.05, 4.69) is 6.08 Å². The molecular weight excluding hydrogens is 486 g/mol. The SMILES string of the molecule is Cc1cccc(C)c1N1CC=C[C@]23S[C@@]4(C)C=CCN(C)C(=O)[C@H]4[C@H]2C(=O)N([C@@H](CO)C(C)C)C3C1=O. The van der Waals surface area contributed by atoms with Crippen LogP contribution in [0, 0.1) is 31.6 Å². The van der Waals surface area contributed by atoms with Crippen LogP contribution in [0.3, 0.4) is 0 Å². The second-order valence-corrected chi connectivity index (χ2v) is 13.2. The molecule has 4 aliphatic rings. The zero-order valence-corrected chi connectivity index (χ0v) is 23.3. The van der Waals surface area contributed by atoms with Crippen LogP contribution >= 0.6 is 11.8 Å². The number of likely N-dealkylation sites (tertiary alicyclic amines) is 1. The van der Waals surface area contributed by atoms with Crippen LogP contribution in [0.25, 0.3) is 0 Å². The van der Waals surface area contributed by atoms with Crippen LogP contribution in [0.1, 0.15) is 31.9 Å². The molecule has 1 unspecified atom stereocenters. The summed E-state index contributed by atoms with van der Waals surface area (Å²) in [4.78, 5) is 48.0. The summed E-state index contributed by atoms with van der Waals surface area (Å²) in [7, 11) is 1.77. The number of hydrogen-bond donors (Lipinski definition) is 1. The minimum absolute atomic E-state index is 0.0673. The molecule has 0 saturated carbocycles. The monoisotopic (exact) mass is 523 g/mol. The molecule has 1 spiro atoms. The molecule has 198 valence electrons. The first-order chi connectivity index (χ1) is 17.5. The van der Waals surface area contributed by atoms with E-state index in [9.17, 15) is 19.5 Å². The molecular formula is C29H37N3O4S. The Bertz CT molecular complexity index is 1190. The highest BCUT2D eigenvalue weighted by Gasteiger charge is 2.74. The predicted molar refractivity (Wildman–Crippen MR) is 146 cm³/mol. The third-order valence-electron chi connectivity index (χ3n) is 8.72. The summed E-state index contributed by atoms with van der Waals surface area (Å²) in [5.41, 5.74) is 2.83. The molecule has 4 aliphatic heterocycles. The molecule has 0 bridgehead atoms. The van der Waals surface area contributed by atoms with E-state index in [0.717, 1.165) is 16.8 Å². The quantitative estimate of drug-likeness (QED) is 0.614. The van der Waals surface area contributed by atoms with Crippen molar-refractivity contribution in [3.05, 3.63) is 53.6 Å². The van der Waals surface area contributed by atoms with Gasteiger partial charge in [-0.1, -0.05) is 56.4 Å². The molecule has 4 heterocycles. The second kappa shape index (κ2) is 9.02. The van der Waals surface area contributed by atoms with E-state index in [-0.39, 0.29) is 30.2 Å². The van der Waals surface area contributed by atoms with Crippen molar-refractivity contribution in [2.45, 2.75) is 56.2 Å². The Balaban J connectivity index is 1.72. The van der Waals surface area contributed by atoms with Crippen LogP contribution in [-0.4, -0.2) is 80.9 Å². The molecule has 1 N–H and O–H groups in total. The second-order valence-electron chi connectivity index (χ2n) is 11.4. The van der Waals surface area contributed by atoms with Crippen LogP contribution in [0.2, 0.25) is 0 Å². The first-order valence-corrected chi connectivity index (χ1v) is 13.9. The van der Waals surface area contributed by atoms with E-state index in [1.807, 2.05) is 71.0 Å². The maximum Gasteiger partial charge on any atom is 0.251 e. The van der Waals surface area contributed by atoms with Crippen molar-refractivity contribution in [1.29, 1.82) is 0 Å². The number of aliphatic hydroxyl groups excluding tert-OH is 1. The molecule has 2 fully saturated rings. The van der Waals surface area contributed by atoms with Crippen molar-refractivity contribution in [3.8, 4) is 0 Å². The summed E-state index contributed by atoms with van der Waals surface area (Å²) in [6, 6.07) is 4.60. The number of para-hydroxylation sites is 1. The number of hydrogen-bond acceptors (Lipinski definition) is 5. The fourth-order valence-electron chi connectivity index (χ4n) is 6.99. The molecule has 1 aromatic carbocycles. The van der Waals surface area contributed by atoms with Gasteiger partial charge in [-0.3, -0.25) is 14.4 Å². The molecule has 2 saturated heterocycles. The summed E-state index contributed by atoms with van der Waals surface area (Å²) in [5.74, 6) is -1.81. The molecule has 6 atom stereocenters. The highest BCUT2D eigenvalue weighted by atomic mass is 32.2. The number of amides is 3. The third-order valence-corrected chi connectivity index (χ3v) is 10.5. The van der Waals surface area contributed by atoms with Gasteiger partial charge >= 0.3 is 0 Å². The Kier molecular flexibility index (Phi) is 6.35. The van der Waals surface area contributed by atoms with Crippen molar-refractivity contribution >= 4 is 35.2 Å². The molecule has 8 heteroatoms. The lowest BCUT2D eigenvalue weighted by molar-refractivity contribution is -0.145. The largest absolute Gasteiger partial charge is 0.394 e. The summed E-state index contributed by atoms with van der Waals surface area (Å²) < 4.78 is -1.54. The summed E-state index contributed by atoms with van der Waals surface area (Å²) in [5, 5.41) is 10.4. The number of carbonyl (C=O) groups is 3. The fraction of sp³-hybridized carbons (Fsp3) is 0.552. The first-order valence-electron chi connectivity index (χ1n) is 13.1. The van der Waals surface area contributed by atoms with Crippen molar-refractivity contribution in [2.24, 2.45) is 17.8 Å². The summed E-state index contributed by atoms with van der Waals surface area (Å²) in [6.07, 6.45) is 8.09. The topological polar surface area (TPSA) is 81.2 Å². The van der Waals surface area contributed by atoms with Crippen molar-refractivity contribution < 1.29 is 19.5 Å². The lowest BCUT2D eigenvalue weighted by Gasteiger charge is -2.41. The van der Waals surface area contributed by atoms with E-state index in [1.165, 1.54) is 0 Å². The van der Waals surface area contributed by atoms with Gasteiger partial charge in [0.1, 0.15) is 6.04 Å². The van der Waals surface area contributed by atoms with Gasteiger partial charge in [0.05, 0.1) is 29.2 Å². The Hall–Kier alpha value is -2.58. The number of benzene rings is 1. The zero-order chi connectivity index (χ0) is 26.9. The number of nitrogens with zero attached hydrogens (tertiary/aromatic N) is 3. The number of aryl methyl sites for hydroxylation is 2. The van der Waals surface area contributed by atoms with Gasteiger partial charge in [-0.25, -0.2) is 0 Å². The summed E-state index contributed by atoms with van der Waals surface area (Å²) >= 11 is 1.58. The highest BCUT2D eigenvalue weighted by molar-refractivity contribution is 8.02. The fourth-order valence-corrected chi connectivity index (χ4v) is 9.14. The average Bonchev–Trinajstić information content (AvgIpc) is 3.11. The van der Waals surface area contributed by atoms with Crippen LogP contribution in [0.5, 0.6) is 0 Å². The molecule has 37 heavy (non-hydrogen) atoms. The third kappa shape index (κ3) is 3.62. The Morgan fingerprint density at radius 3 is 2.27 bits per heavy atom. The molecule has 0 aromatic heterocycles. The van der Waals surface area contributed by atoms with Gasteiger partial charge in [0, 0.05) is 30.6 Å². The van der Waals surface area contributed by atoms with E-state index >= 15 is 0 Å². The molecule has 1 aromatic rings. The van der Waals surface area contributed by atoms with E-state index < -0.39 is 33.4 Å². The summed E-state index contributed by atoms with van der Waals surface area (Å²) in [6.45, 7) is 10.6. The standard InChI is InChI=1S/C29H37N3O4S/c1-17(2)20(16-33)32-24-27(36)31(23-18(3)10-7-11-19(23)4)15-9-13-29(24)22(26(32)35)21-25(34)30(6)14-8-12-28(21,5)37-29/h7-13,17,20-22,24,33H,14-16H2,1-6H3/t20-,21+,22-,24?,28-,29-/m0/s1. The van der Waals surface area contributed by atoms with Crippen LogP contribution in [0.15, 0.2) is 42.5 Å². The van der Waals surface area contributed by atoms with Crippen molar-refractivity contribution in [2.75, 3.05) is 31.6 Å². The highest BCUT2D eigenvalue weighted by Crippen LogP contribution is 2.66. The normalized spacial score (nSPS) is 34.0. The number of likely N-dealkylation sites (N-methyl/N-ethyl adjacent to an activating group) is 1. The molecule has 3 amide bonds. The Morgan fingerprint density at radius 2 is 1.65 bits per heavy atom. The smallest absolute Gasteiger partial charge is 0.251 e. The molecule has 0 radical (unpaired) electrons. The number of fused-ring (bicyclic) bond motifs is 2. The van der Waals surface area contributed by atoms with E-state index in [1.54, 1.807) is 33.5 Å². The lowest BCUT2D eigenvalue weighted by atomic mass is 9.74.